The molecule has 3 heteroatoms. The molecule has 0 heterocycles. The SMILES string of the molecule is COc1ccc2cc([C@H](N)C3CCCCC3)ccc2c1.Cl. The van der Waals surface area contributed by atoms with Crippen molar-refractivity contribution in [1.82, 2.24) is 0 Å². The van der Waals surface area contributed by atoms with E-state index < -0.39 is 0 Å². The molecule has 2 aromatic carbocycles. The van der Waals surface area contributed by atoms with Crippen molar-refractivity contribution in [2.75, 3.05) is 7.11 Å². The number of fused-ring (bicyclic) bond motifs is 1. The molecule has 1 atom stereocenters. The van der Waals surface area contributed by atoms with E-state index in [0.717, 1.165) is 5.75 Å². The molecule has 3 rings (SSSR count). The fourth-order valence-corrected chi connectivity index (χ4v) is 3.34. The minimum atomic E-state index is 0. The number of hydrogen-bond acceptors (Lipinski definition) is 2. The third-order valence-corrected chi connectivity index (χ3v) is 4.61. The highest BCUT2D eigenvalue weighted by Crippen LogP contribution is 2.34. The molecule has 0 saturated heterocycles. The maximum Gasteiger partial charge on any atom is 0.119 e. The first-order chi connectivity index (χ1) is 9.78. The van der Waals surface area contributed by atoms with Crippen molar-refractivity contribution in [3.63, 3.8) is 0 Å². The van der Waals surface area contributed by atoms with Gasteiger partial charge in [-0.05, 0) is 53.3 Å². The van der Waals surface area contributed by atoms with Crippen LogP contribution >= 0.6 is 12.4 Å². The van der Waals surface area contributed by atoms with Crippen LogP contribution in [0, 0.1) is 5.92 Å². The Bertz CT molecular complexity index is 593. The lowest BCUT2D eigenvalue weighted by molar-refractivity contribution is 0.308. The van der Waals surface area contributed by atoms with Gasteiger partial charge in [0.15, 0.2) is 0 Å². The summed E-state index contributed by atoms with van der Waals surface area (Å²) in [5, 5.41) is 2.46. The number of benzene rings is 2. The smallest absolute Gasteiger partial charge is 0.119 e. The Hall–Kier alpha value is -1.25. The highest BCUT2D eigenvalue weighted by molar-refractivity contribution is 5.85. The van der Waals surface area contributed by atoms with E-state index in [1.807, 2.05) is 6.07 Å². The van der Waals surface area contributed by atoms with Crippen LogP contribution in [0.5, 0.6) is 5.75 Å². The summed E-state index contributed by atoms with van der Waals surface area (Å²) in [5.74, 6) is 1.56. The van der Waals surface area contributed by atoms with Crippen LogP contribution in [0.2, 0.25) is 0 Å². The van der Waals surface area contributed by atoms with Gasteiger partial charge >= 0.3 is 0 Å². The second-order valence-corrected chi connectivity index (χ2v) is 5.90. The first kappa shape index (κ1) is 16.1. The minimum absolute atomic E-state index is 0. The molecule has 0 radical (unpaired) electrons. The summed E-state index contributed by atoms with van der Waals surface area (Å²) in [4.78, 5) is 0. The fourth-order valence-electron chi connectivity index (χ4n) is 3.34. The number of methoxy groups -OCH3 is 1. The summed E-state index contributed by atoms with van der Waals surface area (Å²) < 4.78 is 5.27. The average Bonchev–Trinajstić information content (AvgIpc) is 2.54. The van der Waals surface area contributed by atoms with Gasteiger partial charge in [-0.25, -0.2) is 0 Å². The molecule has 2 aromatic rings. The third-order valence-electron chi connectivity index (χ3n) is 4.61. The number of rotatable bonds is 3. The lowest BCUT2D eigenvalue weighted by Gasteiger charge is -2.28. The Morgan fingerprint density at radius 1 is 1.00 bits per heavy atom. The van der Waals surface area contributed by atoms with Crippen molar-refractivity contribution < 1.29 is 4.74 Å². The molecule has 1 aliphatic carbocycles. The third kappa shape index (κ3) is 3.50. The highest BCUT2D eigenvalue weighted by Gasteiger charge is 2.21. The van der Waals surface area contributed by atoms with Gasteiger partial charge in [0.25, 0.3) is 0 Å². The summed E-state index contributed by atoms with van der Waals surface area (Å²) in [6.45, 7) is 0. The summed E-state index contributed by atoms with van der Waals surface area (Å²) >= 11 is 0. The summed E-state index contributed by atoms with van der Waals surface area (Å²) in [5.41, 5.74) is 7.76. The van der Waals surface area contributed by atoms with E-state index >= 15 is 0 Å². The summed E-state index contributed by atoms with van der Waals surface area (Å²) in [7, 11) is 1.70. The second kappa shape index (κ2) is 7.15. The first-order valence-corrected chi connectivity index (χ1v) is 7.61. The lowest BCUT2D eigenvalue weighted by Crippen LogP contribution is -2.23. The quantitative estimate of drug-likeness (QED) is 0.879. The van der Waals surface area contributed by atoms with Gasteiger partial charge in [-0.1, -0.05) is 37.5 Å². The Morgan fingerprint density at radius 3 is 2.38 bits per heavy atom. The van der Waals surface area contributed by atoms with Crippen LogP contribution in [0.3, 0.4) is 0 Å². The second-order valence-electron chi connectivity index (χ2n) is 5.90. The van der Waals surface area contributed by atoms with Gasteiger partial charge in [0.1, 0.15) is 5.75 Å². The molecule has 0 bridgehead atoms. The molecule has 0 unspecified atom stereocenters. The maximum atomic E-state index is 6.49. The molecule has 0 aromatic heterocycles. The molecule has 114 valence electrons. The number of ether oxygens (including phenoxy) is 1. The number of hydrogen-bond donors (Lipinski definition) is 1. The predicted molar refractivity (Wildman–Crippen MR) is 91.3 cm³/mol. The van der Waals surface area contributed by atoms with Crippen LogP contribution in [-0.4, -0.2) is 7.11 Å². The van der Waals surface area contributed by atoms with Crippen molar-refractivity contribution in [3.8, 4) is 5.75 Å². The molecule has 1 fully saturated rings. The monoisotopic (exact) mass is 305 g/mol. The number of nitrogens with two attached hydrogens (primary N) is 1. The van der Waals surface area contributed by atoms with E-state index in [-0.39, 0.29) is 18.4 Å². The van der Waals surface area contributed by atoms with E-state index in [2.05, 4.69) is 30.3 Å². The average molecular weight is 306 g/mol. The Balaban J connectivity index is 0.00000161. The van der Waals surface area contributed by atoms with Crippen LogP contribution in [0.25, 0.3) is 10.8 Å². The van der Waals surface area contributed by atoms with Crippen LogP contribution in [0.15, 0.2) is 36.4 Å². The molecular weight excluding hydrogens is 282 g/mol. The maximum absolute atomic E-state index is 6.49. The largest absolute Gasteiger partial charge is 0.497 e. The molecular formula is C18H24ClNO. The van der Waals surface area contributed by atoms with E-state index in [4.69, 9.17) is 10.5 Å². The summed E-state index contributed by atoms with van der Waals surface area (Å²) in [6, 6.07) is 13.0. The van der Waals surface area contributed by atoms with Crippen molar-refractivity contribution in [2.24, 2.45) is 11.7 Å². The first-order valence-electron chi connectivity index (χ1n) is 7.61. The van der Waals surface area contributed by atoms with Crippen molar-refractivity contribution in [2.45, 2.75) is 38.1 Å². The molecule has 21 heavy (non-hydrogen) atoms. The van der Waals surface area contributed by atoms with Crippen molar-refractivity contribution in [3.05, 3.63) is 42.0 Å². The van der Waals surface area contributed by atoms with Gasteiger partial charge in [-0.15, -0.1) is 12.4 Å². The Labute approximate surface area is 133 Å². The Morgan fingerprint density at radius 2 is 1.67 bits per heavy atom. The van der Waals surface area contributed by atoms with Crippen LogP contribution in [-0.2, 0) is 0 Å². The van der Waals surface area contributed by atoms with Gasteiger partial charge < -0.3 is 10.5 Å². The van der Waals surface area contributed by atoms with E-state index in [0.29, 0.717) is 5.92 Å². The van der Waals surface area contributed by atoms with Gasteiger partial charge in [0, 0.05) is 6.04 Å². The molecule has 1 aliphatic rings. The zero-order chi connectivity index (χ0) is 13.9. The van der Waals surface area contributed by atoms with Crippen LogP contribution in [0.4, 0.5) is 0 Å². The van der Waals surface area contributed by atoms with Gasteiger partial charge in [0.05, 0.1) is 7.11 Å². The molecule has 0 spiro atoms. The van der Waals surface area contributed by atoms with Crippen LogP contribution in [0.1, 0.15) is 43.7 Å². The summed E-state index contributed by atoms with van der Waals surface area (Å²) in [6.07, 6.45) is 6.61. The predicted octanol–water partition coefficient (Wildman–Crippen LogP) is 4.85. The van der Waals surface area contributed by atoms with Gasteiger partial charge in [-0.3, -0.25) is 0 Å². The molecule has 1 saturated carbocycles. The highest BCUT2D eigenvalue weighted by atomic mass is 35.5. The van der Waals surface area contributed by atoms with E-state index in [1.165, 1.54) is 48.4 Å². The Kier molecular flexibility index (Phi) is 5.49. The fraction of sp³-hybridized carbons (Fsp3) is 0.444. The zero-order valence-corrected chi connectivity index (χ0v) is 13.4. The van der Waals surface area contributed by atoms with Gasteiger partial charge in [0.2, 0.25) is 0 Å². The van der Waals surface area contributed by atoms with Gasteiger partial charge in [-0.2, -0.15) is 0 Å². The normalized spacial score (nSPS) is 17.2. The van der Waals surface area contributed by atoms with Crippen molar-refractivity contribution >= 4 is 23.2 Å². The van der Waals surface area contributed by atoms with Crippen molar-refractivity contribution in [1.29, 1.82) is 0 Å². The number of halogens is 1. The lowest BCUT2D eigenvalue weighted by atomic mass is 9.81. The molecule has 2 nitrogen and oxygen atoms in total. The topological polar surface area (TPSA) is 35.2 Å². The van der Waals surface area contributed by atoms with E-state index in [9.17, 15) is 0 Å². The zero-order valence-electron chi connectivity index (χ0n) is 12.5. The standard InChI is InChI=1S/C18H23NO.ClH/c1-20-17-10-9-14-11-16(8-7-15(14)12-17)18(19)13-5-3-2-4-6-13;/h7-13,18H,2-6,19H2,1H3;1H/t18-;/m1./s1. The minimum Gasteiger partial charge on any atom is -0.497 e. The van der Waals surface area contributed by atoms with Crippen LogP contribution < -0.4 is 10.5 Å². The van der Waals surface area contributed by atoms with E-state index in [1.54, 1.807) is 7.11 Å². The molecule has 0 aliphatic heterocycles. The molecule has 2 N–H and O–H groups in total. The molecule has 0 amide bonds.